The number of hydrogen-bond donors (Lipinski definition) is 1. The predicted molar refractivity (Wildman–Crippen MR) is 84.5 cm³/mol. The molecule has 1 N–H and O–H groups in total. The second-order valence-corrected chi connectivity index (χ2v) is 7.30. The average Bonchev–Trinajstić information content (AvgIpc) is 2.74. The van der Waals surface area contributed by atoms with Crippen LogP contribution in [-0.2, 0) is 6.54 Å². The van der Waals surface area contributed by atoms with E-state index in [0.29, 0.717) is 6.04 Å². The summed E-state index contributed by atoms with van der Waals surface area (Å²) in [5.74, 6) is 0.819. The summed E-state index contributed by atoms with van der Waals surface area (Å²) in [6.45, 7) is 9.21. The minimum absolute atomic E-state index is 0.465. The first-order chi connectivity index (χ1) is 8.97. The molecule has 2 rings (SSSR count). The lowest BCUT2D eigenvalue weighted by Crippen LogP contribution is -2.23. The Hall–Kier alpha value is -0.780. The zero-order valence-corrected chi connectivity index (χ0v) is 14.0. The van der Waals surface area contributed by atoms with Crippen LogP contribution < -0.4 is 5.32 Å². The van der Waals surface area contributed by atoms with E-state index in [4.69, 9.17) is 0 Å². The van der Waals surface area contributed by atoms with Crippen molar-refractivity contribution in [1.82, 2.24) is 15.3 Å². The second-order valence-electron chi connectivity index (χ2n) is 4.84. The first-order valence-electron chi connectivity index (χ1n) is 6.30. The van der Waals surface area contributed by atoms with E-state index in [9.17, 15) is 0 Å². The highest BCUT2D eigenvalue weighted by Crippen LogP contribution is 2.29. The summed E-state index contributed by atoms with van der Waals surface area (Å²) in [4.78, 5) is 10.4. The summed E-state index contributed by atoms with van der Waals surface area (Å²) >= 11 is 5.13. The SMILES string of the molecule is Cc1nc(-c2ccc(Br)s2)nc(C)c1CNC(C)C. The van der Waals surface area contributed by atoms with Crippen molar-refractivity contribution >= 4 is 27.3 Å². The summed E-state index contributed by atoms with van der Waals surface area (Å²) in [6, 6.07) is 4.55. The number of aromatic nitrogens is 2. The van der Waals surface area contributed by atoms with E-state index >= 15 is 0 Å². The van der Waals surface area contributed by atoms with Crippen LogP contribution in [0.15, 0.2) is 15.9 Å². The van der Waals surface area contributed by atoms with Gasteiger partial charge in [0.1, 0.15) is 0 Å². The number of thiophene rings is 1. The molecule has 0 atom stereocenters. The topological polar surface area (TPSA) is 37.8 Å². The third-order valence-corrected chi connectivity index (χ3v) is 4.52. The number of hydrogen-bond acceptors (Lipinski definition) is 4. The summed E-state index contributed by atoms with van der Waals surface area (Å²) in [5, 5.41) is 3.42. The molecule has 2 aromatic rings. The molecule has 19 heavy (non-hydrogen) atoms. The fraction of sp³-hybridized carbons (Fsp3) is 0.429. The number of aryl methyl sites for hydroxylation is 2. The molecule has 0 spiro atoms. The maximum absolute atomic E-state index is 4.63. The fourth-order valence-corrected chi connectivity index (χ4v) is 3.17. The highest BCUT2D eigenvalue weighted by molar-refractivity contribution is 9.11. The Kier molecular flexibility index (Phi) is 4.71. The quantitative estimate of drug-likeness (QED) is 0.911. The maximum atomic E-state index is 4.63. The van der Waals surface area contributed by atoms with E-state index in [0.717, 1.165) is 32.4 Å². The lowest BCUT2D eigenvalue weighted by molar-refractivity contribution is 0.583. The molecule has 2 aromatic heterocycles. The number of nitrogens with one attached hydrogen (secondary N) is 1. The van der Waals surface area contributed by atoms with Gasteiger partial charge in [0.05, 0.1) is 8.66 Å². The third-order valence-electron chi connectivity index (χ3n) is 2.90. The summed E-state index contributed by atoms with van der Waals surface area (Å²) in [7, 11) is 0. The fourth-order valence-electron chi connectivity index (χ4n) is 1.85. The van der Waals surface area contributed by atoms with Crippen LogP contribution in [0.2, 0.25) is 0 Å². The van der Waals surface area contributed by atoms with Gasteiger partial charge in [-0.15, -0.1) is 11.3 Å². The number of rotatable bonds is 4. The third kappa shape index (κ3) is 3.61. The van der Waals surface area contributed by atoms with Crippen LogP contribution in [0.1, 0.15) is 30.8 Å². The van der Waals surface area contributed by atoms with Gasteiger partial charge in [-0.2, -0.15) is 0 Å². The van der Waals surface area contributed by atoms with E-state index in [1.807, 2.05) is 6.07 Å². The van der Waals surface area contributed by atoms with Crippen molar-refractivity contribution in [1.29, 1.82) is 0 Å². The van der Waals surface area contributed by atoms with Gasteiger partial charge >= 0.3 is 0 Å². The highest BCUT2D eigenvalue weighted by atomic mass is 79.9. The predicted octanol–water partition coefficient (Wildman–Crippen LogP) is 4.08. The molecule has 0 saturated carbocycles. The molecule has 0 aliphatic carbocycles. The van der Waals surface area contributed by atoms with Crippen molar-refractivity contribution < 1.29 is 0 Å². The molecular weight excluding hydrogens is 322 g/mol. The maximum Gasteiger partial charge on any atom is 0.169 e. The zero-order chi connectivity index (χ0) is 14.0. The Balaban J connectivity index is 2.31. The minimum atomic E-state index is 0.465. The van der Waals surface area contributed by atoms with Gasteiger partial charge in [-0.25, -0.2) is 9.97 Å². The van der Waals surface area contributed by atoms with Crippen molar-refractivity contribution in [2.45, 2.75) is 40.3 Å². The van der Waals surface area contributed by atoms with E-state index in [-0.39, 0.29) is 0 Å². The molecule has 0 amide bonds. The van der Waals surface area contributed by atoms with Crippen molar-refractivity contribution in [3.63, 3.8) is 0 Å². The van der Waals surface area contributed by atoms with Gasteiger partial charge in [0.15, 0.2) is 5.82 Å². The number of halogens is 1. The van der Waals surface area contributed by atoms with Crippen molar-refractivity contribution in [3.05, 3.63) is 32.9 Å². The van der Waals surface area contributed by atoms with Crippen LogP contribution in [-0.4, -0.2) is 16.0 Å². The largest absolute Gasteiger partial charge is 0.310 e. The van der Waals surface area contributed by atoms with Crippen LogP contribution in [0.3, 0.4) is 0 Å². The average molecular weight is 340 g/mol. The molecule has 0 aromatic carbocycles. The molecule has 0 aliphatic rings. The summed E-state index contributed by atoms with van der Waals surface area (Å²) in [6.07, 6.45) is 0. The van der Waals surface area contributed by atoms with Crippen LogP contribution in [0.5, 0.6) is 0 Å². The molecule has 0 bridgehead atoms. The molecule has 102 valence electrons. The molecular formula is C14H18BrN3S. The van der Waals surface area contributed by atoms with Gasteiger partial charge in [0.25, 0.3) is 0 Å². The minimum Gasteiger partial charge on any atom is -0.310 e. The smallest absolute Gasteiger partial charge is 0.169 e. The molecule has 0 fully saturated rings. The summed E-state index contributed by atoms with van der Waals surface area (Å²) in [5.41, 5.74) is 3.31. The van der Waals surface area contributed by atoms with Crippen LogP contribution >= 0.6 is 27.3 Å². The zero-order valence-electron chi connectivity index (χ0n) is 11.6. The molecule has 3 nitrogen and oxygen atoms in total. The standard InChI is InChI=1S/C14H18BrN3S/c1-8(2)16-7-11-9(3)17-14(18-10(11)4)12-5-6-13(15)19-12/h5-6,8,16H,7H2,1-4H3. The molecule has 5 heteroatoms. The van der Waals surface area contributed by atoms with E-state index in [1.54, 1.807) is 11.3 Å². The van der Waals surface area contributed by atoms with E-state index in [2.05, 4.69) is 65.0 Å². The van der Waals surface area contributed by atoms with Gasteiger partial charge in [-0.1, -0.05) is 13.8 Å². The second kappa shape index (κ2) is 6.11. The first-order valence-corrected chi connectivity index (χ1v) is 7.91. The molecule has 0 unspecified atom stereocenters. The Morgan fingerprint density at radius 1 is 1.21 bits per heavy atom. The molecule has 0 saturated heterocycles. The highest BCUT2D eigenvalue weighted by Gasteiger charge is 2.11. The normalized spacial score (nSPS) is 11.3. The van der Waals surface area contributed by atoms with Gasteiger partial charge in [0, 0.05) is 29.5 Å². The van der Waals surface area contributed by atoms with Gasteiger partial charge in [0.2, 0.25) is 0 Å². The van der Waals surface area contributed by atoms with Gasteiger partial charge in [-0.05, 0) is 41.9 Å². The lowest BCUT2D eigenvalue weighted by Gasteiger charge is -2.13. The Labute approximate surface area is 126 Å². The summed E-state index contributed by atoms with van der Waals surface area (Å²) < 4.78 is 1.10. The van der Waals surface area contributed by atoms with Crippen molar-refractivity contribution in [3.8, 4) is 10.7 Å². The van der Waals surface area contributed by atoms with Crippen LogP contribution in [0.4, 0.5) is 0 Å². The Bertz CT molecular complexity index is 555. The van der Waals surface area contributed by atoms with Crippen molar-refractivity contribution in [2.75, 3.05) is 0 Å². The molecule has 0 aliphatic heterocycles. The van der Waals surface area contributed by atoms with Gasteiger partial charge < -0.3 is 5.32 Å². The van der Waals surface area contributed by atoms with E-state index < -0.39 is 0 Å². The van der Waals surface area contributed by atoms with Crippen molar-refractivity contribution in [2.24, 2.45) is 0 Å². The van der Waals surface area contributed by atoms with E-state index in [1.165, 1.54) is 5.56 Å². The lowest BCUT2D eigenvalue weighted by atomic mass is 10.1. The van der Waals surface area contributed by atoms with Crippen LogP contribution in [0, 0.1) is 13.8 Å². The Morgan fingerprint density at radius 3 is 2.32 bits per heavy atom. The van der Waals surface area contributed by atoms with Gasteiger partial charge in [-0.3, -0.25) is 0 Å². The number of nitrogens with zero attached hydrogens (tertiary/aromatic N) is 2. The molecule has 2 heterocycles. The first kappa shape index (κ1) is 14.6. The monoisotopic (exact) mass is 339 g/mol. The van der Waals surface area contributed by atoms with Crippen LogP contribution in [0.25, 0.3) is 10.7 Å². The molecule has 0 radical (unpaired) electrons. The Morgan fingerprint density at radius 2 is 1.84 bits per heavy atom.